The highest BCUT2D eigenvalue weighted by Crippen LogP contribution is 2.30. The van der Waals surface area contributed by atoms with Gasteiger partial charge in [0.25, 0.3) is 0 Å². The monoisotopic (exact) mass is 394 g/mol. The summed E-state index contributed by atoms with van der Waals surface area (Å²) < 4.78 is 19.3. The van der Waals surface area contributed by atoms with Crippen LogP contribution in [-0.4, -0.2) is 29.8 Å². The predicted molar refractivity (Wildman–Crippen MR) is 96.7 cm³/mol. The third-order valence-electron chi connectivity index (χ3n) is 3.62. The standard InChI is InChI=1S/C18H16ClFN2O5/c1-11(23)21-7-6-12-2-3-13(8-15(12)20)17(24)10-27-18-5-4-14(19)9-16(18)22(25)26/h2-5,8-9H,6-7,10H2,1H3,(H,21,23). The first kappa shape index (κ1) is 20.3. The highest BCUT2D eigenvalue weighted by atomic mass is 35.5. The number of carbonyl (C=O) groups is 2. The van der Waals surface area contributed by atoms with Crippen LogP contribution >= 0.6 is 11.6 Å². The Morgan fingerprint density at radius 2 is 2.00 bits per heavy atom. The van der Waals surface area contributed by atoms with Crippen molar-refractivity contribution < 1.29 is 23.6 Å². The largest absolute Gasteiger partial charge is 0.478 e. The van der Waals surface area contributed by atoms with Crippen molar-refractivity contribution in [2.24, 2.45) is 0 Å². The van der Waals surface area contributed by atoms with Crippen molar-refractivity contribution in [3.8, 4) is 5.75 Å². The highest BCUT2D eigenvalue weighted by Gasteiger charge is 2.18. The molecule has 0 atom stereocenters. The Morgan fingerprint density at radius 3 is 2.63 bits per heavy atom. The lowest BCUT2D eigenvalue weighted by Crippen LogP contribution is -2.22. The minimum Gasteiger partial charge on any atom is -0.478 e. The molecule has 2 aromatic carbocycles. The van der Waals surface area contributed by atoms with Gasteiger partial charge in [-0.2, -0.15) is 0 Å². The molecule has 0 heterocycles. The summed E-state index contributed by atoms with van der Waals surface area (Å²) in [5.41, 5.74) is 0.0664. The predicted octanol–water partition coefficient (Wildman–Crippen LogP) is 3.33. The molecule has 2 aromatic rings. The zero-order chi connectivity index (χ0) is 20.0. The van der Waals surface area contributed by atoms with E-state index in [4.69, 9.17) is 16.3 Å². The lowest BCUT2D eigenvalue weighted by atomic mass is 10.1. The zero-order valence-electron chi connectivity index (χ0n) is 14.3. The minimum absolute atomic E-state index is 0.0763. The van der Waals surface area contributed by atoms with Gasteiger partial charge in [-0.3, -0.25) is 19.7 Å². The average Bonchev–Trinajstić information content (AvgIpc) is 2.61. The molecule has 0 saturated heterocycles. The highest BCUT2D eigenvalue weighted by molar-refractivity contribution is 6.30. The molecule has 0 radical (unpaired) electrons. The number of halogens is 2. The molecule has 0 spiro atoms. The van der Waals surface area contributed by atoms with Crippen molar-refractivity contribution in [2.75, 3.05) is 13.2 Å². The number of nitro groups is 1. The summed E-state index contributed by atoms with van der Waals surface area (Å²) in [6, 6.07) is 7.77. The number of ketones is 1. The molecule has 0 aromatic heterocycles. The number of hydrogen-bond acceptors (Lipinski definition) is 5. The molecule has 7 nitrogen and oxygen atoms in total. The SMILES string of the molecule is CC(=O)NCCc1ccc(C(=O)COc2ccc(Cl)cc2[N+](=O)[O-])cc1F. The van der Waals surface area contributed by atoms with Gasteiger partial charge in [-0.05, 0) is 30.2 Å². The van der Waals surface area contributed by atoms with Crippen LogP contribution in [0.25, 0.3) is 0 Å². The van der Waals surface area contributed by atoms with Gasteiger partial charge in [0.15, 0.2) is 18.1 Å². The molecule has 0 aliphatic carbocycles. The van der Waals surface area contributed by atoms with E-state index in [1.807, 2.05) is 0 Å². The Morgan fingerprint density at radius 1 is 1.26 bits per heavy atom. The van der Waals surface area contributed by atoms with Crippen LogP contribution in [0.1, 0.15) is 22.8 Å². The number of carbonyl (C=O) groups excluding carboxylic acids is 2. The van der Waals surface area contributed by atoms with Crippen LogP contribution in [0.3, 0.4) is 0 Å². The second-order valence-electron chi connectivity index (χ2n) is 5.62. The van der Waals surface area contributed by atoms with E-state index in [9.17, 15) is 24.1 Å². The number of Topliss-reactive ketones (excluding diaryl/α,β-unsaturated/α-hetero) is 1. The van der Waals surface area contributed by atoms with Crippen molar-refractivity contribution in [1.29, 1.82) is 0 Å². The van der Waals surface area contributed by atoms with Gasteiger partial charge in [0.1, 0.15) is 5.82 Å². The van der Waals surface area contributed by atoms with Crippen LogP contribution in [0.2, 0.25) is 5.02 Å². The normalized spacial score (nSPS) is 10.3. The maximum atomic E-state index is 14.1. The summed E-state index contributed by atoms with van der Waals surface area (Å²) >= 11 is 5.71. The summed E-state index contributed by atoms with van der Waals surface area (Å²) in [4.78, 5) is 33.3. The number of nitrogens with one attached hydrogen (secondary N) is 1. The fraction of sp³-hybridized carbons (Fsp3) is 0.222. The quantitative estimate of drug-likeness (QED) is 0.420. The smallest absolute Gasteiger partial charge is 0.312 e. The van der Waals surface area contributed by atoms with Crippen LogP contribution in [-0.2, 0) is 11.2 Å². The number of hydrogen-bond donors (Lipinski definition) is 1. The Kier molecular flexibility index (Phi) is 6.84. The van der Waals surface area contributed by atoms with Gasteiger partial charge in [0.05, 0.1) is 4.92 Å². The summed E-state index contributed by atoms with van der Waals surface area (Å²) in [5.74, 6) is -1.43. The Hall–Kier alpha value is -3.00. The average molecular weight is 395 g/mol. The molecule has 0 unspecified atom stereocenters. The lowest BCUT2D eigenvalue weighted by Gasteiger charge is -2.08. The molecule has 0 aliphatic rings. The molecular formula is C18H16ClFN2O5. The molecule has 1 amide bonds. The second kappa shape index (κ2) is 9.09. The Bertz CT molecular complexity index is 888. The second-order valence-corrected chi connectivity index (χ2v) is 6.06. The van der Waals surface area contributed by atoms with Crippen LogP contribution in [0.5, 0.6) is 5.75 Å². The third-order valence-corrected chi connectivity index (χ3v) is 3.85. The number of amides is 1. The van der Waals surface area contributed by atoms with Gasteiger partial charge in [0.2, 0.25) is 5.91 Å². The molecule has 142 valence electrons. The first-order valence-electron chi connectivity index (χ1n) is 7.90. The van der Waals surface area contributed by atoms with Gasteiger partial charge >= 0.3 is 5.69 Å². The molecule has 0 saturated carbocycles. The molecular weight excluding hydrogens is 379 g/mol. The number of nitro benzene ring substituents is 1. The van der Waals surface area contributed by atoms with Crippen LogP contribution in [0, 0.1) is 15.9 Å². The molecule has 2 rings (SSSR count). The van der Waals surface area contributed by atoms with Crippen LogP contribution in [0.15, 0.2) is 36.4 Å². The van der Waals surface area contributed by atoms with Crippen molar-refractivity contribution >= 4 is 29.0 Å². The molecule has 0 aliphatic heterocycles. The van der Waals surface area contributed by atoms with E-state index >= 15 is 0 Å². The van der Waals surface area contributed by atoms with E-state index in [1.54, 1.807) is 0 Å². The fourth-order valence-electron chi connectivity index (χ4n) is 2.28. The summed E-state index contributed by atoms with van der Waals surface area (Å²) in [7, 11) is 0. The van der Waals surface area contributed by atoms with Gasteiger partial charge < -0.3 is 10.1 Å². The van der Waals surface area contributed by atoms with E-state index in [0.29, 0.717) is 5.56 Å². The number of benzene rings is 2. The van der Waals surface area contributed by atoms with Gasteiger partial charge in [-0.25, -0.2) is 4.39 Å². The first-order valence-corrected chi connectivity index (χ1v) is 8.28. The van der Waals surface area contributed by atoms with Crippen LogP contribution in [0.4, 0.5) is 10.1 Å². The first-order chi connectivity index (χ1) is 12.8. The number of ether oxygens (including phenoxy) is 1. The van der Waals surface area contributed by atoms with E-state index in [-0.39, 0.29) is 40.9 Å². The van der Waals surface area contributed by atoms with Gasteiger partial charge in [-0.15, -0.1) is 0 Å². The van der Waals surface area contributed by atoms with E-state index in [2.05, 4.69) is 5.32 Å². The van der Waals surface area contributed by atoms with E-state index in [0.717, 1.165) is 12.1 Å². The number of rotatable bonds is 8. The molecule has 0 bridgehead atoms. The Balaban J connectivity index is 2.03. The maximum absolute atomic E-state index is 14.1. The molecule has 1 N–H and O–H groups in total. The topological polar surface area (TPSA) is 98.5 Å². The summed E-state index contributed by atoms with van der Waals surface area (Å²) in [5, 5.41) is 13.7. The van der Waals surface area contributed by atoms with Crippen LogP contribution < -0.4 is 10.1 Å². The van der Waals surface area contributed by atoms with Gasteiger partial charge in [0, 0.05) is 30.1 Å². The van der Waals surface area contributed by atoms with Crippen molar-refractivity contribution in [2.45, 2.75) is 13.3 Å². The molecule has 9 heteroatoms. The fourth-order valence-corrected chi connectivity index (χ4v) is 2.44. The lowest BCUT2D eigenvalue weighted by molar-refractivity contribution is -0.385. The number of nitrogens with zero attached hydrogens (tertiary/aromatic N) is 1. The van der Waals surface area contributed by atoms with Crippen molar-refractivity contribution in [3.63, 3.8) is 0 Å². The zero-order valence-corrected chi connectivity index (χ0v) is 15.1. The third kappa shape index (κ3) is 5.75. The van der Waals surface area contributed by atoms with Gasteiger partial charge in [-0.1, -0.05) is 23.7 Å². The summed E-state index contributed by atoms with van der Waals surface area (Å²) in [6.45, 7) is 1.15. The Labute approximate surface area is 159 Å². The van der Waals surface area contributed by atoms with E-state index in [1.165, 1.54) is 31.2 Å². The van der Waals surface area contributed by atoms with Crippen molar-refractivity contribution in [3.05, 3.63) is 68.5 Å². The van der Waals surface area contributed by atoms with Crippen molar-refractivity contribution in [1.82, 2.24) is 5.32 Å². The van der Waals surface area contributed by atoms with E-state index < -0.39 is 23.1 Å². The molecule has 0 fully saturated rings. The summed E-state index contributed by atoms with van der Waals surface area (Å²) in [6.07, 6.45) is 0.285. The maximum Gasteiger partial charge on any atom is 0.312 e. The minimum atomic E-state index is -0.671. The molecule has 27 heavy (non-hydrogen) atoms.